The number of nitrogens with zero attached hydrogens (tertiary/aromatic N) is 2. The van der Waals surface area contributed by atoms with Crippen LogP contribution in [0.4, 0.5) is 5.00 Å². The van der Waals surface area contributed by atoms with E-state index in [0.717, 1.165) is 6.54 Å². The predicted molar refractivity (Wildman–Crippen MR) is 56.5 cm³/mol. The fourth-order valence-electron chi connectivity index (χ4n) is 1.56. The molecule has 1 fully saturated rings. The van der Waals surface area contributed by atoms with Gasteiger partial charge in [0.25, 0.3) is 0 Å². The zero-order chi connectivity index (χ0) is 10.0. The third-order valence-electron chi connectivity index (χ3n) is 2.42. The van der Waals surface area contributed by atoms with E-state index in [1.807, 2.05) is 18.5 Å². The largest absolute Gasteiger partial charge is 0.378 e. The van der Waals surface area contributed by atoms with Gasteiger partial charge >= 0.3 is 0 Å². The van der Waals surface area contributed by atoms with Gasteiger partial charge < -0.3 is 9.64 Å². The van der Waals surface area contributed by atoms with Gasteiger partial charge in [0.15, 0.2) is 0 Å². The molecule has 0 radical (unpaired) electrons. The maximum Gasteiger partial charge on any atom is 0.121 e. The summed E-state index contributed by atoms with van der Waals surface area (Å²) < 4.78 is 5.10. The van der Waals surface area contributed by atoms with Gasteiger partial charge in [-0.05, 0) is 17.5 Å². The molecule has 1 saturated heterocycles. The summed E-state index contributed by atoms with van der Waals surface area (Å²) in [6.07, 6.45) is 0. The fourth-order valence-corrected chi connectivity index (χ4v) is 2.26. The molecule has 1 aromatic rings. The molecule has 0 saturated carbocycles. The molecule has 4 heteroatoms. The molecule has 0 unspecified atom stereocenters. The van der Waals surface area contributed by atoms with Gasteiger partial charge in [0, 0.05) is 13.6 Å². The number of thiophene rings is 1. The Morgan fingerprint density at radius 1 is 1.71 bits per heavy atom. The zero-order valence-electron chi connectivity index (χ0n) is 8.06. The lowest BCUT2D eigenvalue weighted by atomic mass is 9.87. The van der Waals surface area contributed by atoms with E-state index >= 15 is 0 Å². The van der Waals surface area contributed by atoms with Crippen LogP contribution >= 0.6 is 11.3 Å². The lowest BCUT2D eigenvalue weighted by Crippen LogP contribution is -2.49. The number of nitriles is 1. The van der Waals surface area contributed by atoms with Gasteiger partial charge in [-0.15, -0.1) is 11.3 Å². The van der Waals surface area contributed by atoms with Crippen molar-refractivity contribution >= 4 is 16.3 Å². The molecule has 1 aromatic heterocycles. The molecular weight excluding hydrogens is 196 g/mol. The molecule has 2 heterocycles. The van der Waals surface area contributed by atoms with Crippen LogP contribution in [0, 0.1) is 16.7 Å². The van der Waals surface area contributed by atoms with Crippen LogP contribution in [0.2, 0.25) is 0 Å². The summed E-state index contributed by atoms with van der Waals surface area (Å²) in [5.74, 6) is 0. The highest BCUT2D eigenvalue weighted by molar-refractivity contribution is 7.14. The smallest absolute Gasteiger partial charge is 0.121 e. The first kappa shape index (κ1) is 9.50. The normalized spacial score (nSPS) is 18.3. The van der Waals surface area contributed by atoms with Crippen LogP contribution in [0.3, 0.4) is 0 Å². The minimum Gasteiger partial charge on any atom is -0.378 e. The molecule has 0 bridgehead atoms. The van der Waals surface area contributed by atoms with Crippen LogP contribution in [-0.4, -0.2) is 26.8 Å². The van der Waals surface area contributed by atoms with Crippen molar-refractivity contribution in [2.75, 3.05) is 31.7 Å². The van der Waals surface area contributed by atoms with Crippen molar-refractivity contribution in [1.82, 2.24) is 0 Å². The fraction of sp³-hybridized carbons (Fsp3) is 0.500. The van der Waals surface area contributed by atoms with Crippen LogP contribution in [-0.2, 0) is 4.74 Å². The van der Waals surface area contributed by atoms with E-state index in [1.54, 1.807) is 11.3 Å². The Morgan fingerprint density at radius 3 is 2.93 bits per heavy atom. The van der Waals surface area contributed by atoms with Gasteiger partial charge in [-0.1, -0.05) is 0 Å². The summed E-state index contributed by atoms with van der Waals surface area (Å²) in [4.78, 5) is 2.12. The number of hydrogen-bond acceptors (Lipinski definition) is 4. The topological polar surface area (TPSA) is 36.3 Å². The highest BCUT2D eigenvalue weighted by atomic mass is 32.1. The second kappa shape index (κ2) is 3.60. The van der Waals surface area contributed by atoms with Crippen LogP contribution in [0.15, 0.2) is 17.5 Å². The van der Waals surface area contributed by atoms with E-state index < -0.39 is 0 Å². The van der Waals surface area contributed by atoms with Crippen molar-refractivity contribution in [3.63, 3.8) is 0 Å². The average Bonchev–Trinajstić information content (AvgIpc) is 2.63. The van der Waals surface area contributed by atoms with Gasteiger partial charge in [-0.2, -0.15) is 5.26 Å². The van der Waals surface area contributed by atoms with Crippen molar-refractivity contribution in [3.8, 4) is 6.07 Å². The van der Waals surface area contributed by atoms with Gasteiger partial charge in [0.05, 0.1) is 24.3 Å². The second-order valence-corrected chi connectivity index (χ2v) is 4.62. The van der Waals surface area contributed by atoms with Gasteiger partial charge in [0.2, 0.25) is 0 Å². The SMILES string of the molecule is CN(CC1(C#N)COC1)c1cccs1. The van der Waals surface area contributed by atoms with Crippen molar-refractivity contribution in [1.29, 1.82) is 5.26 Å². The average molecular weight is 208 g/mol. The molecule has 74 valence electrons. The Morgan fingerprint density at radius 2 is 2.50 bits per heavy atom. The maximum atomic E-state index is 9.03. The van der Waals surface area contributed by atoms with E-state index in [9.17, 15) is 0 Å². The number of hydrogen-bond donors (Lipinski definition) is 0. The molecular formula is C10H12N2OS. The summed E-state index contributed by atoms with van der Waals surface area (Å²) in [7, 11) is 2.02. The molecule has 0 amide bonds. The number of ether oxygens (including phenoxy) is 1. The third kappa shape index (κ3) is 1.61. The number of anilines is 1. The number of rotatable bonds is 3. The molecule has 3 nitrogen and oxygen atoms in total. The molecule has 1 aliphatic heterocycles. The molecule has 0 aromatic carbocycles. The monoisotopic (exact) mass is 208 g/mol. The summed E-state index contributed by atoms with van der Waals surface area (Å²) in [6, 6.07) is 6.43. The second-order valence-electron chi connectivity index (χ2n) is 3.69. The lowest BCUT2D eigenvalue weighted by molar-refractivity contribution is -0.0716. The minimum absolute atomic E-state index is 0.279. The van der Waals surface area contributed by atoms with Crippen molar-refractivity contribution in [3.05, 3.63) is 17.5 Å². The van der Waals surface area contributed by atoms with Crippen LogP contribution in [0.25, 0.3) is 0 Å². The summed E-state index contributed by atoms with van der Waals surface area (Å²) >= 11 is 1.69. The standard InChI is InChI=1S/C10H12N2OS/c1-12(9-3-2-4-14-9)6-10(5-11)7-13-8-10/h2-4H,6-8H2,1H3. The Bertz CT molecular complexity index is 338. The maximum absolute atomic E-state index is 9.03. The van der Waals surface area contributed by atoms with Gasteiger partial charge in [-0.25, -0.2) is 0 Å². The first-order chi connectivity index (χ1) is 6.76. The van der Waals surface area contributed by atoms with Crippen molar-refractivity contribution < 1.29 is 4.74 Å². The zero-order valence-corrected chi connectivity index (χ0v) is 8.88. The summed E-state index contributed by atoms with van der Waals surface area (Å²) in [5.41, 5.74) is -0.279. The molecule has 0 spiro atoms. The van der Waals surface area contributed by atoms with E-state index in [-0.39, 0.29) is 5.41 Å². The molecule has 14 heavy (non-hydrogen) atoms. The molecule has 0 atom stereocenters. The Labute approximate surface area is 87.5 Å². The van der Waals surface area contributed by atoms with Gasteiger partial charge in [0.1, 0.15) is 5.41 Å². The molecule has 2 rings (SSSR count). The Balaban J connectivity index is 2.01. The van der Waals surface area contributed by atoms with Crippen molar-refractivity contribution in [2.24, 2.45) is 5.41 Å². The van der Waals surface area contributed by atoms with E-state index in [2.05, 4.69) is 17.0 Å². The Hall–Kier alpha value is -1.05. The first-order valence-corrected chi connectivity index (χ1v) is 5.37. The summed E-state index contributed by atoms with van der Waals surface area (Å²) in [5, 5.41) is 12.3. The van der Waals surface area contributed by atoms with E-state index in [4.69, 9.17) is 10.00 Å². The first-order valence-electron chi connectivity index (χ1n) is 4.49. The highest BCUT2D eigenvalue weighted by Crippen LogP contribution is 2.30. The van der Waals surface area contributed by atoms with Crippen LogP contribution in [0.5, 0.6) is 0 Å². The Kier molecular flexibility index (Phi) is 2.44. The predicted octanol–water partition coefficient (Wildman–Crippen LogP) is 1.72. The summed E-state index contributed by atoms with van der Waals surface area (Å²) in [6.45, 7) is 1.89. The molecule has 0 N–H and O–H groups in total. The molecule has 0 aliphatic carbocycles. The van der Waals surface area contributed by atoms with Gasteiger partial charge in [-0.3, -0.25) is 0 Å². The van der Waals surface area contributed by atoms with Crippen LogP contribution < -0.4 is 4.90 Å². The van der Waals surface area contributed by atoms with Crippen LogP contribution in [0.1, 0.15) is 0 Å². The highest BCUT2D eigenvalue weighted by Gasteiger charge is 2.40. The third-order valence-corrected chi connectivity index (χ3v) is 3.40. The quantitative estimate of drug-likeness (QED) is 0.759. The molecule has 1 aliphatic rings. The lowest BCUT2D eigenvalue weighted by Gasteiger charge is -2.38. The van der Waals surface area contributed by atoms with E-state index in [0.29, 0.717) is 13.2 Å². The van der Waals surface area contributed by atoms with Crippen molar-refractivity contribution in [2.45, 2.75) is 0 Å². The van der Waals surface area contributed by atoms with E-state index in [1.165, 1.54) is 5.00 Å². The minimum atomic E-state index is -0.279.